The van der Waals surface area contributed by atoms with Crippen LogP contribution in [0, 0.1) is 24.0 Å². The molecule has 74 valence electrons. The van der Waals surface area contributed by atoms with E-state index in [-0.39, 0.29) is 11.3 Å². The van der Waals surface area contributed by atoms with Gasteiger partial charge in [0.2, 0.25) is 0 Å². The smallest absolute Gasteiger partial charge is 0.275 e. The minimum Gasteiger partial charge on any atom is -0.276 e. The Morgan fingerprint density at radius 2 is 2.00 bits per heavy atom. The lowest BCUT2D eigenvalue weighted by Gasteiger charge is -2.03. The van der Waals surface area contributed by atoms with Crippen LogP contribution in [0.5, 0.6) is 0 Å². The normalized spacial score (nSPS) is 9.93. The molecule has 4 nitrogen and oxygen atoms in total. The van der Waals surface area contributed by atoms with Crippen molar-refractivity contribution in [2.75, 3.05) is 0 Å². The van der Waals surface area contributed by atoms with Crippen LogP contribution in [0.3, 0.4) is 0 Å². The van der Waals surface area contributed by atoms with E-state index in [0.717, 1.165) is 0 Å². The van der Waals surface area contributed by atoms with Gasteiger partial charge in [0.1, 0.15) is 0 Å². The average Bonchev–Trinajstić information content (AvgIpc) is 2.02. The number of hydrogen-bond donors (Lipinski definition) is 0. The van der Waals surface area contributed by atoms with E-state index in [4.69, 9.17) is 11.6 Å². The minimum absolute atomic E-state index is 0.0449. The number of nitro groups is 1. The molecular formula is C9H8ClNO3. The molecule has 0 unspecified atom stereocenters. The summed E-state index contributed by atoms with van der Waals surface area (Å²) in [5, 5.41) is 9.99. The Balaban J connectivity index is 3.49. The molecule has 0 saturated carbocycles. The molecule has 0 saturated heterocycles. The first-order valence-corrected chi connectivity index (χ1v) is 4.27. The van der Waals surface area contributed by atoms with Crippen LogP contribution in [0.1, 0.15) is 21.5 Å². The maximum atomic E-state index is 10.9. The molecule has 1 aromatic rings. The van der Waals surface area contributed by atoms with Crippen molar-refractivity contribution in [2.24, 2.45) is 0 Å². The maximum Gasteiger partial charge on any atom is 0.275 e. The molecule has 14 heavy (non-hydrogen) atoms. The van der Waals surface area contributed by atoms with Crippen LogP contribution in [0.25, 0.3) is 0 Å². The summed E-state index contributed by atoms with van der Waals surface area (Å²) in [4.78, 5) is 21.1. The Morgan fingerprint density at radius 1 is 1.43 bits per heavy atom. The van der Waals surface area contributed by atoms with E-state index in [1.54, 1.807) is 6.92 Å². The zero-order chi connectivity index (χ0) is 10.9. The molecule has 0 aliphatic heterocycles. The van der Waals surface area contributed by atoms with Gasteiger partial charge in [-0.15, -0.1) is 0 Å². The number of carbonyl (C=O) groups excluding carboxylic acids is 1. The fourth-order valence-corrected chi connectivity index (χ4v) is 1.53. The van der Waals surface area contributed by atoms with Gasteiger partial charge >= 0.3 is 0 Å². The minimum atomic E-state index is -0.675. The van der Waals surface area contributed by atoms with Crippen LogP contribution in [0.4, 0.5) is 5.69 Å². The quantitative estimate of drug-likeness (QED) is 0.431. The highest BCUT2D eigenvalue weighted by Crippen LogP contribution is 2.26. The molecule has 1 rings (SSSR count). The number of benzene rings is 1. The lowest BCUT2D eigenvalue weighted by Crippen LogP contribution is -2.01. The van der Waals surface area contributed by atoms with Crippen LogP contribution in [0.15, 0.2) is 12.1 Å². The van der Waals surface area contributed by atoms with Crippen molar-refractivity contribution in [1.82, 2.24) is 0 Å². The van der Waals surface area contributed by atoms with E-state index in [1.165, 1.54) is 19.1 Å². The Labute approximate surface area is 85.6 Å². The van der Waals surface area contributed by atoms with Crippen LogP contribution in [0.2, 0.25) is 0 Å². The fraction of sp³-hybridized carbons (Fsp3) is 0.222. The third-order valence-electron chi connectivity index (χ3n) is 2.03. The van der Waals surface area contributed by atoms with Gasteiger partial charge in [-0.2, -0.15) is 0 Å². The van der Waals surface area contributed by atoms with Crippen molar-refractivity contribution in [3.05, 3.63) is 38.9 Å². The largest absolute Gasteiger partial charge is 0.276 e. The van der Waals surface area contributed by atoms with Crippen molar-refractivity contribution in [2.45, 2.75) is 13.8 Å². The number of nitrogens with zero attached hydrogens (tertiary/aromatic N) is 1. The maximum absolute atomic E-state index is 10.9. The zero-order valence-corrected chi connectivity index (χ0v) is 8.46. The van der Waals surface area contributed by atoms with Gasteiger partial charge in [0.25, 0.3) is 10.9 Å². The predicted octanol–water partition coefficient (Wildman–Crippen LogP) is 2.59. The summed E-state index contributed by atoms with van der Waals surface area (Å²) >= 11 is 5.28. The van der Waals surface area contributed by atoms with E-state index in [0.29, 0.717) is 11.1 Å². The monoisotopic (exact) mass is 213 g/mol. The molecule has 0 radical (unpaired) electrons. The zero-order valence-electron chi connectivity index (χ0n) is 7.70. The van der Waals surface area contributed by atoms with Crippen molar-refractivity contribution in [3.63, 3.8) is 0 Å². The molecule has 0 atom stereocenters. The van der Waals surface area contributed by atoms with Gasteiger partial charge in [-0.25, -0.2) is 0 Å². The first-order chi connectivity index (χ1) is 6.45. The predicted molar refractivity (Wildman–Crippen MR) is 52.8 cm³/mol. The molecule has 0 spiro atoms. The van der Waals surface area contributed by atoms with Gasteiger partial charge in [0.05, 0.1) is 4.92 Å². The molecular weight excluding hydrogens is 206 g/mol. The van der Waals surface area contributed by atoms with Gasteiger partial charge in [-0.1, -0.05) is 6.07 Å². The number of rotatable bonds is 2. The standard InChI is InChI=1S/C9H8ClNO3/c1-5-3-4-7(9(10)12)6(2)8(5)11(13)14/h3-4H,1-2H3. The van der Waals surface area contributed by atoms with Crippen LogP contribution in [-0.4, -0.2) is 10.2 Å². The molecule has 0 aliphatic carbocycles. The van der Waals surface area contributed by atoms with Crippen LogP contribution >= 0.6 is 11.6 Å². The first-order valence-electron chi connectivity index (χ1n) is 3.89. The Kier molecular flexibility index (Phi) is 2.86. The van der Waals surface area contributed by atoms with Gasteiger partial charge in [0, 0.05) is 16.7 Å². The second kappa shape index (κ2) is 3.75. The van der Waals surface area contributed by atoms with E-state index in [9.17, 15) is 14.9 Å². The third-order valence-corrected chi connectivity index (χ3v) is 2.23. The van der Waals surface area contributed by atoms with Gasteiger partial charge in [-0.05, 0) is 31.5 Å². The van der Waals surface area contributed by atoms with Crippen LogP contribution in [-0.2, 0) is 0 Å². The summed E-state index contributed by atoms with van der Waals surface area (Å²) in [5.41, 5.74) is 0.977. The van der Waals surface area contributed by atoms with E-state index in [2.05, 4.69) is 0 Å². The van der Waals surface area contributed by atoms with Crippen molar-refractivity contribution in [1.29, 1.82) is 0 Å². The molecule has 5 heteroatoms. The highest BCUT2D eigenvalue weighted by molar-refractivity contribution is 6.68. The van der Waals surface area contributed by atoms with Crippen molar-refractivity contribution < 1.29 is 9.72 Å². The fourth-order valence-electron chi connectivity index (χ4n) is 1.33. The number of halogens is 1. The van der Waals surface area contributed by atoms with Crippen LogP contribution < -0.4 is 0 Å². The molecule has 0 bridgehead atoms. The Hall–Kier alpha value is -1.42. The number of aryl methyl sites for hydroxylation is 1. The molecule has 1 aromatic carbocycles. The average molecular weight is 214 g/mol. The molecule has 0 fully saturated rings. The van der Waals surface area contributed by atoms with Gasteiger partial charge < -0.3 is 0 Å². The molecule has 0 N–H and O–H groups in total. The van der Waals surface area contributed by atoms with E-state index in [1.807, 2.05) is 0 Å². The van der Waals surface area contributed by atoms with Crippen molar-refractivity contribution in [3.8, 4) is 0 Å². The van der Waals surface area contributed by atoms with Gasteiger partial charge in [-0.3, -0.25) is 14.9 Å². The topological polar surface area (TPSA) is 60.2 Å². The summed E-state index contributed by atoms with van der Waals surface area (Å²) in [6, 6.07) is 3.01. The van der Waals surface area contributed by atoms with E-state index >= 15 is 0 Å². The number of carbonyl (C=O) groups is 1. The highest BCUT2D eigenvalue weighted by atomic mass is 35.5. The summed E-state index contributed by atoms with van der Waals surface area (Å²) in [7, 11) is 0. The Morgan fingerprint density at radius 3 is 2.43 bits per heavy atom. The first kappa shape index (κ1) is 10.7. The number of hydrogen-bond acceptors (Lipinski definition) is 3. The lowest BCUT2D eigenvalue weighted by atomic mass is 10.0. The summed E-state index contributed by atoms with van der Waals surface area (Å²) in [5.74, 6) is 0. The molecule has 0 heterocycles. The number of nitro benzene ring substituents is 1. The lowest BCUT2D eigenvalue weighted by molar-refractivity contribution is -0.386. The van der Waals surface area contributed by atoms with Crippen molar-refractivity contribution >= 4 is 22.5 Å². The van der Waals surface area contributed by atoms with E-state index < -0.39 is 10.2 Å². The summed E-state index contributed by atoms with van der Waals surface area (Å²) in [6.45, 7) is 3.13. The molecule has 0 aromatic heterocycles. The van der Waals surface area contributed by atoms with Gasteiger partial charge in [0.15, 0.2) is 0 Å². The molecule has 0 amide bonds. The molecule has 0 aliphatic rings. The highest BCUT2D eigenvalue weighted by Gasteiger charge is 2.19. The summed E-state index contributed by atoms with van der Waals surface area (Å²) in [6.07, 6.45) is 0. The summed E-state index contributed by atoms with van der Waals surface area (Å²) < 4.78 is 0. The Bertz CT molecular complexity index is 415. The second-order valence-electron chi connectivity index (χ2n) is 2.93. The third kappa shape index (κ3) is 1.75. The SMILES string of the molecule is Cc1ccc(C(=O)Cl)c(C)c1[N+](=O)[O-]. The second-order valence-corrected chi connectivity index (χ2v) is 3.28.